The topological polar surface area (TPSA) is 70.0 Å². The summed E-state index contributed by atoms with van der Waals surface area (Å²) in [7, 11) is 0. The Bertz CT molecular complexity index is 535. The Hall–Kier alpha value is -1.43. The minimum absolute atomic E-state index is 0.0206. The standard InChI is InChI=1S/C17H23NO4/c1-3-22-17(21)14-12-9-13(16(20)15(12)19)18(14)10(2)11-7-5-4-6-8-11/h4-8,10,12-16,19-20H,3,9H2,1-2H3/t10-,12+,13-,14+,15+,16-/m1/s1. The zero-order valence-electron chi connectivity index (χ0n) is 12.9. The third-order valence-electron chi connectivity index (χ3n) is 5.06. The second kappa shape index (κ2) is 5.99. The number of likely N-dealkylation sites (tertiary alicyclic amines) is 1. The minimum atomic E-state index is -0.848. The van der Waals surface area contributed by atoms with Gasteiger partial charge in [-0.15, -0.1) is 0 Å². The van der Waals surface area contributed by atoms with E-state index < -0.39 is 18.2 Å². The van der Waals surface area contributed by atoms with Crippen molar-refractivity contribution in [1.82, 2.24) is 4.90 Å². The van der Waals surface area contributed by atoms with Gasteiger partial charge in [0, 0.05) is 18.0 Å². The van der Waals surface area contributed by atoms with Gasteiger partial charge in [0.2, 0.25) is 0 Å². The highest BCUT2D eigenvalue weighted by atomic mass is 16.5. The lowest BCUT2D eigenvalue weighted by molar-refractivity contribution is -0.160. The van der Waals surface area contributed by atoms with Gasteiger partial charge in [-0.3, -0.25) is 9.69 Å². The maximum Gasteiger partial charge on any atom is 0.323 e. The first-order chi connectivity index (χ1) is 10.6. The molecule has 1 saturated carbocycles. The summed E-state index contributed by atoms with van der Waals surface area (Å²) in [5.41, 5.74) is 1.09. The summed E-state index contributed by atoms with van der Waals surface area (Å²) < 4.78 is 5.20. The van der Waals surface area contributed by atoms with E-state index in [1.54, 1.807) is 6.92 Å². The van der Waals surface area contributed by atoms with Gasteiger partial charge in [0.1, 0.15) is 6.04 Å². The van der Waals surface area contributed by atoms with Crippen LogP contribution >= 0.6 is 0 Å². The van der Waals surface area contributed by atoms with Crippen LogP contribution in [-0.4, -0.2) is 52.0 Å². The highest BCUT2D eigenvalue weighted by molar-refractivity contribution is 5.77. The first kappa shape index (κ1) is 15.5. The van der Waals surface area contributed by atoms with Gasteiger partial charge < -0.3 is 14.9 Å². The van der Waals surface area contributed by atoms with E-state index in [2.05, 4.69) is 0 Å². The summed E-state index contributed by atoms with van der Waals surface area (Å²) in [4.78, 5) is 14.4. The Balaban J connectivity index is 1.91. The summed E-state index contributed by atoms with van der Waals surface area (Å²) in [6, 6.07) is 9.20. The van der Waals surface area contributed by atoms with Crippen molar-refractivity contribution in [3.63, 3.8) is 0 Å². The normalized spacial score (nSPS) is 35.5. The lowest BCUT2D eigenvalue weighted by Crippen LogP contribution is -2.57. The van der Waals surface area contributed by atoms with Crippen LogP contribution in [0.2, 0.25) is 0 Å². The fraction of sp³-hybridized carbons (Fsp3) is 0.588. The molecule has 0 radical (unpaired) electrons. The van der Waals surface area contributed by atoms with Gasteiger partial charge in [0.15, 0.2) is 0 Å². The monoisotopic (exact) mass is 305 g/mol. The average Bonchev–Trinajstić information content (AvgIpc) is 3.05. The Morgan fingerprint density at radius 3 is 2.64 bits per heavy atom. The molecule has 0 amide bonds. The second-order valence-corrected chi connectivity index (χ2v) is 6.18. The zero-order valence-corrected chi connectivity index (χ0v) is 12.9. The van der Waals surface area contributed by atoms with Crippen molar-refractivity contribution >= 4 is 5.97 Å². The molecule has 1 aromatic carbocycles. The first-order valence-electron chi connectivity index (χ1n) is 7.91. The summed E-state index contributed by atoms with van der Waals surface area (Å²) in [6.45, 7) is 4.13. The minimum Gasteiger partial charge on any atom is -0.465 e. The molecule has 1 aromatic rings. The quantitative estimate of drug-likeness (QED) is 0.815. The summed E-state index contributed by atoms with van der Waals surface area (Å²) in [5, 5.41) is 20.4. The number of benzene rings is 1. The largest absolute Gasteiger partial charge is 0.465 e. The van der Waals surface area contributed by atoms with Crippen LogP contribution in [0.1, 0.15) is 31.9 Å². The molecule has 2 aliphatic rings. The van der Waals surface area contributed by atoms with Gasteiger partial charge in [-0.25, -0.2) is 0 Å². The molecule has 1 saturated heterocycles. The van der Waals surface area contributed by atoms with E-state index in [-0.39, 0.29) is 24.0 Å². The second-order valence-electron chi connectivity index (χ2n) is 6.18. The van der Waals surface area contributed by atoms with E-state index in [1.807, 2.05) is 42.2 Å². The Kier molecular flexibility index (Phi) is 4.21. The fourth-order valence-corrected chi connectivity index (χ4v) is 4.04. The van der Waals surface area contributed by atoms with Crippen molar-refractivity contribution in [3.05, 3.63) is 35.9 Å². The summed E-state index contributed by atoms with van der Waals surface area (Å²) >= 11 is 0. The van der Waals surface area contributed by atoms with Crippen LogP contribution in [0.3, 0.4) is 0 Å². The smallest absolute Gasteiger partial charge is 0.323 e. The van der Waals surface area contributed by atoms with Crippen molar-refractivity contribution in [3.8, 4) is 0 Å². The molecule has 2 bridgehead atoms. The summed E-state index contributed by atoms with van der Waals surface area (Å²) in [6.07, 6.45) is -1.02. The number of aliphatic hydroxyl groups is 2. The highest BCUT2D eigenvalue weighted by Gasteiger charge is 2.60. The van der Waals surface area contributed by atoms with Crippen molar-refractivity contribution in [1.29, 1.82) is 0 Å². The molecule has 22 heavy (non-hydrogen) atoms. The zero-order chi connectivity index (χ0) is 15.9. The maximum absolute atomic E-state index is 12.4. The molecular formula is C17H23NO4. The Labute approximate surface area is 130 Å². The number of rotatable bonds is 4. The van der Waals surface area contributed by atoms with Crippen molar-refractivity contribution in [2.75, 3.05) is 6.61 Å². The van der Waals surface area contributed by atoms with E-state index in [1.165, 1.54) is 0 Å². The van der Waals surface area contributed by atoms with Crippen LogP contribution in [0.25, 0.3) is 0 Å². The predicted octanol–water partition coefficient (Wildman–Crippen LogP) is 1.11. The molecule has 0 aromatic heterocycles. The van der Waals surface area contributed by atoms with Crippen LogP contribution in [-0.2, 0) is 9.53 Å². The van der Waals surface area contributed by atoms with E-state index >= 15 is 0 Å². The number of nitrogens with zero attached hydrogens (tertiary/aromatic N) is 1. The van der Waals surface area contributed by atoms with E-state index in [9.17, 15) is 15.0 Å². The molecular weight excluding hydrogens is 282 g/mol. The van der Waals surface area contributed by atoms with Gasteiger partial charge in [-0.05, 0) is 25.8 Å². The van der Waals surface area contributed by atoms with Gasteiger partial charge >= 0.3 is 5.97 Å². The molecule has 120 valence electrons. The van der Waals surface area contributed by atoms with E-state index in [0.717, 1.165) is 5.56 Å². The van der Waals surface area contributed by atoms with Gasteiger partial charge in [0.25, 0.3) is 0 Å². The van der Waals surface area contributed by atoms with Crippen LogP contribution in [0.4, 0.5) is 0 Å². The number of hydrogen-bond acceptors (Lipinski definition) is 5. The average molecular weight is 305 g/mol. The number of esters is 1. The highest BCUT2D eigenvalue weighted by Crippen LogP contribution is 2.47. The molecule has 0 unspecified atom stereocenters. The molecule has 3 rings (SSSR count). The Morgan fingerprint density at radius 1 is 1.32 bits per heavy atom. The number of hydrogen-bond donors (Lipinski definition) is 2. The number of ether oxygens (including phenoxy) is 1. The summed E-state index contributed by atoms with van der Waals surface area (Å²) in [5.74, 6) is -0.561. The molecule has 6 atom stereocenters. The third-order valence-corrected chi connectivity index (χ3v) is 5.06. The SMILES string of the molecule is CCOC(=O)[C@@H]1[C@@H]2C[C@H]([C@@H](O)[C@H]2O)N1[C@H](C)c1ccccc1. The van der Waals surface area contributed by atoms with Crippen LogP contribution < -0.4 is 0 Å². The lowest BCUT2D eigenvalue weighted by Gasteiger charge is -2.42. The molecule has 5 nitrogen and oxygen atoms in total. The van der Waals surface area contributed by atoms with Crippen LogP contribution in [0.15, 0.2) is 30.3 Å². The van der Waals surface area contributed by atoms with Gasteiger partial charge in [0.05, 0.1) is 18.8 Å². The van der Waals surface area contributed by atoms with Crippen LogP contribution in [0.5, 0.6) is 0 Å². The number of carbonyl (C=O) groups excluding carboxylic acids is 1. The molecule has 1 aliphatic carbocycles. The molecule has 2 N–H and O–H groups in total. The molecule has 5 heteroatoms. The van der Waals surface area contributed by atoms with Gasteiger partial charge in [-0.2, -0.15) is 0 Å². The predicted molar refractivity (Wildman–Crippen MR) is 81.0 cm³/mol. The fourth-order valence-electron chi connectivity index (χ4n) is 4.04. The first-order valence-corrected chi connectivity index (χ1v) is 7.91. The van der Waals surface area contributed by atoms with E-state index in [4.69, 9.17) is 4.74 Å². The third kappa shape index (κ3) is 2.33. The number of aliphatic hydroxyl groups excluding tert-OH is 2. The van der Waals surface area contributed by atoms with Crippen LogP contribution in [0, 0.1) is 5.92 Å². The lowest BCUT2D eigenvalue weighted by atomic mass is 9.92. The van der Waals surface area contributed by atoms with E-state index in [0.29, 0.717) is 13.0 Å². The number of fused-ring (bicyclic) bond motifs is 2. The maximum atomic E-state index is 12.4. The van der Waals surface area contributed by atoms with Crippen molar-refractivity contribution < 1.29 is 19.7 Å². The molecule has 0 spiro atoms. The van der Waals surface area contributed by atoms with Gasteiger partial charge in [-0.1, -0.05) is 30.3 Å². The molecule has 2 fully saturated rings. The number of carbonyl (C=O) groups is 1. The Morgan fingerprint density at radius 2 is 2.00 bits per heavy atom. The molecule has 1 heterocycles. The van der Waals surface area contributed by atoms with Crippen molar-refractivity contribution in [2.45, 2.75) is 50.6 Å². The molecule has 1 aliphatic heterocycles. The number of piperidine rings is 1. The van der Waals surface area contributed by atoms with Crippen molar-refractivity contribution in [2.24, 2.45) is 5.92 Å².